The van der Waals surface area contributed by atoms with Crippen LogP contribution in [0.15, 0.2) is 27.2 Å². The highest BCUT2D eigenvalue weighted by molar-refractivity contribution is 9.10. The standard InChI is InChI=1S/C10H8BrClN2O/c1-6-2-3-7(11)4-8(6)10-13-9(5-12)15-14-10/h2-4H,5H2,1H3. The summed E-state index contributed by atoms with van der Waals surface area (Å²) in [5.74, 6) is 1.25. The molecule has 0 unspecified atom stereocenters. The molecular weight excluding hydrogens is 279 g/mol. The lowest BCUT2D eigenvalue weighted by atomic mass is 10.1. The average Bonchev–Trinajstić information content (AvgIpc) is 2.70. The molecule has 5 heteroatoms. The van der Waals surface area contributed by atoms with Crippen LogP contribution in [-0.2, 0) is 5.88 Å². The first-order valence-corrected chi connectivity index (χ1v) is 5.68. The molecule has 1 aromatic carbocycles. The lowest BCUT2D eigenvalue weighted by molar-refractivity contribution is 0.391. The minimum atomic E-state index is 0.236. The molecule has 0 aliphatic rings. The van der Waals surface area contributed by atoms with Crippen molar-refractivity contribution in [1.29, 1.82) is 0 Å². The molecule has 0 atom stereocenters. The summed E-state index contributed by atoms with van der Waals surface area (Å²) < 4.78 is 5.94. The Bertz CT molecular complexity index is 484. The van der Waals surface area contributed by atoms with Gasteiger partial charge in [-0.3, -0.25) is 0 Å². The molecule has 2 rings (SSSR count). The van der Waals surface area contributed by atoms with Gasteiger partial charge in [0.1, 0.15) is 5.88 Å². The molecule has 0 bridgehead atoms. The SMILES string of the molecule is Cc1ccc(Br)cc1-c1noc(CCl)n1. The first-order valence-electron chi connectivity index (χ1n) is 4.36. The molecule has 15 heavy (non-hydrogen) atoms. The zero-order chi connectivity index (χ0) is 10.8. The van der Waals surface area contributed by atoms with E-state index in [-0.39, 0.29) is 5.88 Å². The summed E-state index contributed by atoms with van der Waals surface area (Å²) in [6.07, 6.45) is 0. The molecule has 0 aliphatic heterocycles. The highest BCUT2D eigenvalue weighted by Gasteiger charge is 2.10. The molecule has 0 saturated carbocycles. The van der Waals surface area contributed by atoms with E-state index in [1.54, 1.807) is 0 Å². The molecule has 2 aromatic rings. The van der Waals surface area contributed by atoms with Gasteiger partial charge in [-0.25, -0.2) is 0 Å². The van der Waals surface area contributed by atoms with Crippen molar-refractivity contribution in [3.8, 4) is 11.4 Å². The molecule has 0 amide bonds. The largest absolute Gasteiger partial charge is 0.338 e. The molecule has 0 N–H and O–H groups in total. The maximum Gasteiger partial charge on any atom is 0.241 e. The lowest BCUT2D eigenvalue weighted by Gasteiger charge is -2.00. The van der Waals surface area contributed by atoms with Crippen LogP contribution in [0.25, 0.3) is 11.4 Å². The second kappa shape index (κ2) is 4.33. The molecule has 0 spiro atoms. The number of hydrogen-bond acceptors (Lipinski definition) is 3. The molecule has 1 aromatic heterocycles. The summed E-state index contributed by atoms with van der Waals surface area (Å²) >= 11 is 9.00. The summed E-state index contributed by atoms with van der Waals surface area (Å²) in [4.78, 5) is 4.17. The third kappa shape index (κ3) is 2.21. The minimum Gasteiger partial charge on any atom is -0.338 e. The highest BCUT2D eigenvalue weighted by Crippen LogP contribution is 2.24. The maximum atomic E-state index is 5.59. The van der Waals surface area contributed by atoms with E-state index in [4.69, 9.17) is 16.1 Å². The van der Waals surface area contributed by atoms with Crippen LogP contribution in [0.5, 0.6) is 0 Å². The Hall–Kier alpha value is -0.870. The van der Waals surface area contributed by atoms with Crippen molar-refractivity contribution in [3.63, 3.8) is 0 Å². The van der Waals surface area contributed by atoms with Crippen molar-refractivity contribution in [2.75, 3.05) is 0 Å². The van der Waals surface area contributed by atoms with Crippen molar-refractivity contribution >= 4 is 27.5 Å². The fourth-order valence-electron chi connectivity index (χ4n) is 1.25. The molecular formula is C10H8BrClN2O. The van der Waals surface area contributed by atoms with Gasteiger partial charge < -0.3 is 4.52 Å². The Morgan fingerprint density at radius 3 is 2.93 bits per heavy atom. The summed E-state index contributed by atoms with van der Waals surface area (Å²) in [6.45, 7) is 2.00. The maximum absolute atomic E-state index is 5.59. The van der Waals surface area contributed by atoms with E-state index in [2.05, 4.69) is 26.1 Å². The fourth-order valence-corrected chi connectivity index (χ4v) is 1.72. The van der Waals surface area contributed by atoms with E-state index in [1.807, 2.05) is 25.1 Å². The summed E-state index contributed by atoms with van der Waals surface area (Å²) in [5.41, 5.74) is 2.05. The third-order valence-electron chi connectivity index (χ3n) is 2.02. The van der Waals surface area contributed by atoms with Gasteiger partial charge in [0.15, 0.2) is 0 Å². The smallest absolute Gasteiger partial charge is 0.241 e. The molecule has 78 valence electrons. The normalized spacial score (nSPS) is 10.6. The van der Waals surface area contributed by atoms with Crippen LogP contribution < -0.4 is 0 Å². The second-order valence-electron chi connectivity index (χ2n) is 3.10. The fraction of sp³-hybridized carbons (Fsp3) is 0.200. The molecule has 1 heterocycles. The van der Waals surface area contributed by atoms with Crippen molar-refractivity contribution in [3.05, 3.63) is 34.1 Å². The topological polar surface area (TPSA) is 38.9 Å². The Balaban J connectivity index is 2.48. The quantitative estimate of drug-likeness (QED) is 0.793. The van der Waals surface area contributed by atoms with E-state index in [9.17, 15) is 0 Å². The Morgan fingerprint density at radius 2 is 2.27 bits per heavy atom. The van der Waals surface area contributed by atoms with Crippen LogP contribution in [0.3, 0.4) is 0 Å². The lowest BCUT2D eigenvalue weighted by Crippen LogP contribution is -1.86. The number of halogens is 2. The Labute approximate surface area is 101 Å². The average molecular weight is 288 g/mol. The van der Waals surface area contributed by atoms with Crippen LogP contribution >= 0.6 is 27.5 Å². The van der Waals surface area contributed by atoms with Gasteiger partial charge in [0.25, 0.3) is 0 Å². The van der Waals surface area contributed by atoms with E-state index in [0.29, 0.717) is 11.7 Å². The number of nitrogens with zero attached hydrogens (tertiary/aromatic N) is 2. The number of aryl methyl sites for hydroxylation is 1. The summed E-state index contributed by atoms with van der Waals surface area (Å²) in [7, 11) is 0. The first-order chi connectivity index (χ1) is 7.20. The molecule has 0 aliphatic carbocycles. The minimum absolute atomic E-state index is 0.236. The summed E-state index contributed by atoms with van der Waals surface area (Å²) in [5, 5.41) is 3.87. The second-order valence-corrected chi connectivity index (χ2v) is 4.29. The zero-order valence-corrected chi connectivity index (χ0v) is 10.3. The Kier molecular flexibility index (Phi) is 3.07. The van der Waals surface area contributed by atoms with Gasteiger partial charge in [-0.15, -0.1) is 11.6 Å². The Morgan fingerprint density at radius 1 is 1.47 bits per heavy atom. The zero-order valence-electron chi connectivity index (χ0n) is 8.00. The van der Waals surface area contributed by atoms with Gasteiger partial charge in [-0.05, 0) is 24.6 Å². The van der Waals surface area contributed by atoms with Crippen molar-refractivity contribution < 1.29 is 4.52 Å². The number of rotatable bonds is 2. The molecule has 0 fully saturated rings. The highest BCUT2D eigenvalue weighted by atomic mass is 79.9. The van der Waals surface area contributed by atoms with Gasteiger partial charge in [0.2, 0.25) is 11.7 Å². The van der Waals surface area contributed by atoms with Gasteiger partial charge in [-0.1, -0.05) is 27.2 Å². The van der Waals surface area contributed by atoms with Gasteiger partial charge in [0.05, 0.1) is 0 Å². The molecule has 0 radical (unpaired) electrons. The number of aromatic nitrogens is 2. The van der Waals surface area contributed by atoms with Gasteiger partial charge in [0, 0.05) is 10.0 Å². The van der Waals surface area contributed by atoms with Crippen molar-refractivity contribution in [1.82, 2.24) is 10.1 Å². The van der Waals surface area contributed by atoms with Gasteiger partial charge >= 0.3 is 0 Å². The van der Waals surface area contributed by atoms with Crippen molar-refractivity contribution in [2.24, 2.45) is 0 Å². The van der Waals surface area contributed by atoms with E-state index >= 15 is 0 Å². The predicted octanol–water partition coefficient (Wildman–Crippen LogP) is 3.55. The van der Waals surface area contributed by atoms with E-state index in [1.165, 1.54) is 0 Å². The third-order valence-corrected chi connectivity index (χ3v) is 2.74. The summed E-state index contributed by atoms with van der Waals surface area (Å²) in [6, 6.07) is 5.93. The number of alkyl halides is 1. The van der Waals surface area contributed by atoms with Crippen LogP contribution in [0.4, 0.5) is 0 Å². The van der Waals surface area contributed by atoms with Crippen LogP contribution in [0.2, 0.25) is 0 Å². The monoisotopic (exact) mass is 286 g/mol. The first kappa shape index (κ1) is 10.6. The number of benzene rings is 1. The van der Waals surface area contributed by atoms with Crippen LogP contribution in [-0.4, -0.2) is 10.1 Å². The van der Waals surface area contributed by atoms with E-state index < -0.39 is 0 Å². The van der Waals surface area contributed by atoms with E-state index in [0.717, 1.165) is 15.6 Å². The van der Waals surface area contributed by atoms with Gasteiger partial charge in [-0.2, -0.15) is 4.98 Å². The number of hydrogen-bond donors (Lipinski definition) is 0. The van der Waals surface area contributed by atoms with Crippen LogP contribution in [0.1, 0.15) is 11.5 Å². The van der Waals surface area contributed by atoms with Crippen molar-refractivity contribution in [2.45, 2.75) is 12.8 Å². The molecule has 3 nitrogen and oxygen atoms in total. The van der Waals surface area contributed by atoms with Crippen LogP contribution in [0, 0.1) is 6.92 Å². The molecule has 0 saturated heterocycles. The predicted molar refractivity (Wildman–Crippen MR) is 61.7 cm³/mol.